The van der Waals surface area contributed by atoms with E-state index in [0.717, 1.165) is 0 Å². The lowest BCUT2D eigenvalue weighted by atomic mass is 10.3. The van der Waals surface area contributed by atoms with Crippen LogP contribution >= 0.6 is 23.2 Å². The predicted molar refractivity (Wildman–Crippen MR) is 69.8 cm³/mol. The van der Waals surface area contributed by atoms with E-state index in [0.29, 0.717) is 22.2 Å². The van der Waals surface area contributed by atoms with E-state index in [1.54, 1.807) is 18.2 Å². The number of urea groups is 1. The first-order valence-corrected chi connectivity index (χ1v) is 5.96. The van der Waals surface area contributed by atoms with Crippen molar-refractivity contribution in [3.05, 3.63) is 28.2 Å². The molecule has 0 bridgehead atoms. The summed E-state index contributed by atoms with van der Waals surface area (Å²) in [6.07, 6.45) is 0.0358. The summed E-state index contributed by atoms with van der Waals surface area (Å²) in [4.78, 5) is 11.5. The minimum absolute atomic E-state index is 0.195. The van der Waals surface area contributed by atoms with Crippen molar-refractivity contribution in [1.29, 1.82) is 0 Å². The summed E-state index contributed by atoms with van der Waals surface area (Å²) < 4.78 is 0. The summed E-state index contributed by atoms with van der Waals surface area (Å²) in [5.41, 5.74) is 0.433. The molecule has 0 radical (unpaired) electrons. The number of hydrogen-bond acceptors (Lipinski definition) is 2. The molecular weight excluding hydrogens is 263 g/mol. The molecule has 4 nitrogen and oxygen atoms in total. The zero-order valence-corrected chi connectivity index (χ0v) is 10.8. The summed E-state index contributed by atoms with van der Waals surface area (Å²) in [7, 11) is 0. The van der Waals surface area contributed by atoms with Crippen LogP contribution in [0.1, 0.15) is 13.3 Å². The molecule has 1 atom stereocenters. The second-order valence-corrected chi connectivity index (χ2v) is 4.36. The SMILES string of the molecule is CCC(O)CNC(=O)Nc1cc(Cl)ccc1Cl. The monoisotopic (exact) mass is 276 g/mol. The molecular formula is C11H14Cl2N2O2. The number of hydrogen-bond donors (Lipinski definition) is 3. The number of benzene rings is 1. The van der Waals surface area contributed by atoms with Gasteiger partial charge >= 0.3 is 6.03 Å². The first kappa shape index (κ1) is 14.1. The molecule has 1 unspecified atom stereocenters. The van der Waals surface area contributed by atoms with Gasteiger partial charge in [0.1, 0.15) is 0 Å². The van der Waals surface area contributed by atoms with E-state index < -0.39 is 12.1 Å². The average molecular weight is 277 g/mol. The lowest BCUT2D eigenvalue weighted by Gasteiger charge is -2.11. The summed E-state index contributed by atoms with van der Waals surface area (Å²) in [5, 5.41) is 15.2. The Balaban J connectivity index is 2.53. The number of carbonyl (C=O) groups excluding carboxylic acids is 1. The van der Waals surface area contributed by atoms with Crippen LogP contribution < -0.4 is 10.6 Å². The second-order valence-electron chi connectivity index (χ2n) is 3.52. The van der Waals surface area contributed by atoms with Gasteiger partial charge in [-0.2, -0.15) is 0 Å². The summed E-state index contributed by atoms with van der Waals surface area (Å²) in [6, 6.07) is 4.36. The molecule has 0 aliphatic rings. The van der Waals surface area contributed by atoms with Gasteiger partial charge in [-0.15, -0.1) is 0 Å². The maximum atomic E-state index is 11.5. The van der Waals surface area contributed by atoms with E-state index in [9.17, 15) is 9.90 Å². The molecule has 17 heavy (non-hydrogen) atoms. The van der Waals surface area contributed by atoms with Crippen molar-refractivity contribution in [2.45, 2.75) is 19.4 Å². The highest BCUT2D eigenvalue weighted by Crippen LogP contribution is 2.25. The van der Waals surface area contributed by atoms with Gasteiger partial charge in [-0.05, 0) is 24.6 Å². The predicted octanol–water partition coefficient (Wildman–Crippen LogP) is 2.89. The number of nitrogens with one attached hydrogen (secondary N) is 2. The third-order valence-corrected chi connectivity index (χ3v) is 2.71. The van der Waals surface area contributed by atoms with Crippen LogP contribution in [0.25, 0.3) is 0 Å². The van der Waals surface area contributed by atoms with Gasteiger partial charge in [-0.3, -0.25) is 0 Å². The molecule has 0 saturated heterocycles. The number of anilines is 1. The van der Waals surface area contributed by atoms with E-state index in [4.69, 9.17) is 23.2 Å². The third kappa shape index (κ3) is 4.81. The van der Waals surface area contributed by atoms with Crippen LogP contribution in [0.3, 0.4) is 0 Å². The molecule has 0 heterocycles. The van der Waals surface area contributed by atoms with Gasteiger partial charge in [0.2, 0.25) is 0 Å². The first-order chi connectivity index (χ1) is 8.02. The largest absolute Gasteiger partial charge is 0.391 e. The number of amides is 2. The molecule has 1 aromatic rings. The smallest absolute Gasteiger partial charge is 0.319 e. The van der Waals surface area contributed by atoms with Gasteiger partial charge in [0.25, 0.3) is 0 Å². The Morgan fingerprint density at radius 1 is 1.47 bits per heavy atom. The Kier molecular flexibility index (Phi) is 5.55. The summed E-state index contributed by atoms with van der Waals surface area (Å²) in [6.45, 7) is 2.03. The number of aliphatic hydroxyl groups excluding tert-OH is 1. The van der Waals surface area contributed by atoms with Gasteiger partial charge in [-0.1, -0.05) is 30.1 Å². The molecule has 94 valence electrons. The molecule has 0 aromatic heterocycles. The van der Waals surface area contributed by atoms with Crippen LogP contribution in [0.5, 0.6) is 0 Å². The minimum Gasteiger partial charge on any atom is -0.391 e. The highest BCUT2D eigenvalue weighted by atomic mass is 35.5. The van der Waals surface area contributed by atoms with Crippen LogP contribution in [-0.4, -0.2) is 23.8 Å². The maximum Gasteiger partial charge on any atom is 0.319 e. The molecule has 1 aromatic carbocycles. The number of rotatable bonds is 4. The van der Waals surface area contributed by atoms with Crippen molar-refractivity contribution in [1.82, 2.24) is 5.32 Å². The molecule has 0 saturated carbocycles. The fourth-order valence-corrected chi connectivity index (χ4v) is 1.45. The Labute approximate surface area is 110 Å². The molecule has 1 rings (SSSR count). The second kappa shape index (κ2) is 6.69. The standard InChI is InChI=1S/C11H14Cl2N2O2/c1-2-8(16)6-14-11(17)15-10-5-7(12)3-4-9(10)13/h3-5,8,16H,2,6H2,1H3,(H2,14,15,17). The van der Waals surface area contributed by atoms with E-state index in [1.807, 2.05) is 6.92 Å². The van der Waals surface area contributed by atoms with E-state index in [2.05, 4.69) is 10.6 Å². The molecule has 6 heteroatoms. The molecule has 2 amide bonds. The zero-order chi connectivity index (χ0) is 12.8. The topological polar surface area (TPSA) is 61.4 Å². The number of carbonyl (C=O) groups is 1. The molecule has 0 aliphatic heterocycles. The molecule has 0 fully saturated rings. The van der Waals surface area contributed by atoms with Gasteiger partial charge in [0, 0.05) is 11.6 Å². The van der Waals surface area contributed by atoms with Crippen LogP contribution in [0.2, 0.25) is 10.0 Å². The normalized spacial score (nSPS) is 12.0. The fourth-order valence-electron chi connectivity index (χ4n) is 1.11. The zero-order valence-electron chi connectivity index (χ0n) is 9.34. The van der Waals surface area contributed by atoms with Crippen molar-refractivity contribution in [3.63, 3.8) is 0 Å². The Hall–Kier alpha value is -0.970. The van der Waals surface area contributed by atoms with Crippen molar-refractivity contribution >= 4 is 34.9 Å². The van der Waals surface area contributed by atoms with Gasteiger partial charge in [0.15, 0.2) is 0 Å². The van der Waals surface area contributed by atoms with Gasteiger partial charge in [-0.25, -0.2) is 4.79 Å². The van der Waals surface area contributed by atoms with Crippen molar-refractivity contribution in [2.24, 2.45) is 0 Å². The lowest BCUT2D eigenvalue weighted by Crippen LogP contribution is -2.35. The van der Waals surface area contributed by atoms with Crippen molar-refractivity contribution in [2.75, 3.05) is 11.9 Å². The number of halogens is 2. The first-order valence-electron chi connectivity index (χ1n) is 5.21. The average Bonchev–Trinajstić information content (AvgIpc) is 2.30. The van der Waals surface area contributed by atoms with E-state index in [-0.39, 0.29) is 6.54 Å². The van der Waals surface area contributed by atoms with Crippen LogP contribution in [0.4, 0.5) is 10.5 Å². The van der Waals surface area contributed by atoms with Crippen LogP contribution in [0, 0.1) is 0 Å². The van der Waals surface area contributed by atoms with E-state index in [1.165, 1.54) is 0 Å². The minimum atomic E-state index is -0.546. The van der Waals surface area contributed by atoms with Crippen LogP contribution in [0.15, 0.2) is 18.2 Å². The lowest BCUT2D eigenvalue weighted by molar-refractivity contribution is 0.168. The molecule has 3 N–H and O–H groups in total. The van der Waals surface area contributed by atoms with Crippen LogP contribution in [-0.2, 0) is 0 Å². The fraction of sp³-hybridized carbons (Fsp3) is 0.364. The highest BCUT2D eigenvalue weighted by Gasteiger charge is 2.07. The quantitative estimate of drug-likeness (QED) is 0.792. The maximum absolute atomic E-state index is 11.5. The number of aliphatic hydroxyl groups is 1. The molecule has 0 spiro atoms. The van der Waals surface area contributed by atoms with Gasteiger partial charge < -0.3 is 15.7 Å². The van der Waals surface area contributed by atoms with Gasteiger partial charge in [0.05, 0.1) is 16.8 Å². The van der Waals surface area contributed by atoms with E-state index >= 15 is 0 Å². The summed E-state index contributed by atoms with van der Waals surface area (Å²) >= 11 is 11.7. The van der Waals surface area contributed by atoms with Crippen molar-refractivity contribution < 1.29 is 9.90 Å². The highest BCUT2D eigenvalue weighted by molar-refractivity contribution is 6.35. The Morgan fingerprint density at radius 2 is 2.18 bits per heavy atom. The summed E-state index contributed by atoms with van der Waals surface area (Å²) in [5.74, 6) is 0. The molecule has 0 aliphatic carbocycles. The van der Waals surface area contributed by atoms with Crippen molar-refractivity contribution in [3.8, 4) is 0 Å². The third-order valence-electron chi connectivity index (χ3n) is 2.15. The Morgan fingerprint density at radius 3 is 2.82 bits per heavy atom. The Bertz CT molecular complexity index is 399.